The molecule has 4 nitrogen and oxygen atoms in total. The maximum absolute atomic E-state index is 6.37. The molecule has 20 heavy (non-hydrogen) atoms. The van der Waals surface area contributed by atoms with Gasteiger partial charge in [0.15, 0.2) is 0 Å². The molecule has 0 aromatic carbocycles. The number of hydrogen-bond acceptors (Lipinski definition) is 3. The molecule has 0 bridgehead atoms. The molecule has 0 saturated carbocycles. The molecule has 2 aromatic rings. The Morgan fingerprint density at radius 2 is 2.35 bits per heavy atom. The lowest BCUT2D eigenvalue weighted by molar-refractivity contribution is 0.499. The Morgan fingerprint density at radius 1 is 1.50 bits per heavy atom. The van der Waals surface area contributed by atoms with Crippen LogP contribution < -0.4 is 5.32 Å². The first-order chi connectivity index (χ1) is 9.65. The van der Waals surface area contributed by atoms with Crippen molar-refractivity contribution in [3.05, 3.63) is 40.8 Å². The van der Waals surface area contributed by atoms with Crippen molar-refractivity contribution in [3.8, 4) is 0 Å². The zero-order valence-corrected chi connectivity index (χ0v) is 12.6. The maximum Gasteiger partial charge on any atom is 0.124 e. The van der Waals surface area contributed by atoms with Gasteiger partial charge in [0.05, 0.1) is 5.69 Å². The van der Waals surface area contributed by atoms with E-state index in [-0.39, 0.29) is 5.41 Å². The van der Waals surface area contributed by atoms with Gasteiger partial charge in [-0.1, -0.05) is 18.5 Å². The number of nitrogens with zero attached hydrogens (tertiary/aromatic N) is 3. The first-order valence-corrected chi connectivity index (χ1v) is 7.45. The number of aromatic nitrogens is 3. The fourth-order valence-electron chi connectivity index (χ4n) is 2.74. The van der Waals surface area contributed by atoms with Gasteiger partial charge in [-0.05, 0) is 25.8 Å². The molecular formula is C15H19ClN4. The number of anilines is 1. The lowest BCUT2D eigenvalue weighted by Gasteiger charge is -2.27. The second-order valence-electron chi connectivity index (χ2n) is 5.46. The zero-order chi connectivity index (χ0) is 14.2. The average molecular weight is 291 g/mol. The largest absolute Gasteiger partial charge is 0.370 e. The van der Waals surface area contributed by atoms with Gasteiger partial charge in [-0.3, -0.25) is 4.98 Å². The van der Waals surface area contributed by atoms with Crippen molar-refractivity contribution in [3.63, 3.8) is 0 Å². The minimum atomic E-state index is -0.211. The summed E-state index contributed by atoms with van der Waals surface area (Å²) >= 11 is 6.37. The van der Waals surface area contributed by atoms with E-state index in [9.17, 15) is 0 Å². The summed E-state index contributed by atoms with van der Waals surface area (Å²) in [5.74, 6) is 1.10. The summed E-state index contributed by atoms with van der Waals surface area (Å²) in [6.07, 6.45) is 5.62. The van der Waals surface area contributed by atoms with E-state index in [1.54, 1.807) is 6.20 Å². The lowest BCUT2D eigenvalue weighted by Crippen LogP contribution is -2.24. The van der Waals surface area contributed by atoms with E-state index in [4.69, 9.17) is 16.7 Å². The molecule has 3 heterocycles. The predicted molar refractivity (Wildman–Crippen MR) is 81.3 cm³/mol. The van der Waals surface area contributed by atoms with Crippen LogP contribution in [0.25, 0.3) is 0 Å². The second kappa shape index (κ2) is 5.09. The van der Waals surface area contributed by atoms with Gasteiger partial charge in [0.2, 0.25) is 0 Å². The Kier molecular flexibility index (Phi) is 3.42. The van der Waals surface area contributed by atoms with E-state index in [0.29, 0.717) is 0 Å². The molecule has 0 amide bonds. The molecule has 1 aliphatic rings. The molecule has 3 rings (SSSR count). The number of hydrogen-bond donors (Lipinski definition) is 1. The van der Waals surface area contributed by atoms with E-state index in [0.717, 1.165) is 48.0 Å². The number of rotatable bonds is 3. The van der Waals surface area contributed by atoms with Gasteiger partial charge in [0.25, 0.3) is 0 Å². The highest BCUT2D eigenvalue weighted by Gasteiger charge is 2.33. The molecule has 0 saturated heterocycles. The van der Waals surface area contributed by atoms with Gasteiger partial charge in [-0.2, -0.15) is 5.10 Å². The molecule has 1 unspecified atom stereocenters. The van der Waals surface area contributed by atoms with Crippen molar-refractivity contribution in [2.24, 2.45) is 0 Å². The normalized spacial score (nSPS) is 17.1. The number of nitrogens with one attached hydrogen (secondary N) is 1. The molecule has 0 radical (unpaired) electrons. The van der Waals surface area contributed by atoms with Crippen LogP contribution in [-0.4, -0.2) is 21.3 Å². The van der Waals surface area contributed by atoms with Gasteiger partial charge in [-0.25, -0.2) is 4.68 Å². The molecule has 106 valence electrons. The molecule has 0 fully saturated rings. The smallest absolute Gasteiger partial charge is 0.124 e. The summed E-state index contributed by atoms with van der Waals surface area (Å²) < 4.78 is 2.05. The first kappa shape index (κ1) is 13.4. The van der Waals surface area contributed by atoms with Crippen LogP contribution in [0.2, 0.25) is 5.02 Å². The van der Waals surface area contributed by atoms with E-state index in [1.807, 2.05) is 12.3 Å². The molecule has 1 N–H and O–H groups in total. The van der Waals surface area contributed by atoms with Gasteiger partial charge >= 0.3 is 0 Å². The van der Waals surface area contributed by atoms with Crippen molar-refractivity contribution in [1.82, 2.24) is 14.8 Å². The minimum Gasteiger partial charge on any atom is -0.370 e. The van der Waals surface area contributed by atoms with E-state index < -0.39 is 0 Å². The topological polar surface area (TPSA) is 42.7 Å². The fourth-order valence-corrected chi connectivity index (χ4v) is 3.05. The number of pyridine rings is 1. The van der Waals surface area contributed by atoms with E-state index in [2.05, 4.69) is 34.9 Å². The Hall–Kier alpha value is -1.55. The van der Waals surface area contributed by atoms with Crippen molar-refractivity contribution in [2.75, 3.05) is 11.9 Å². The van der Waals surface area contributed by atoms with Crippen LogP contribution in [-0.2, 0) is 12.0 Å². The Labute approximate surface area is 124 Å². The van der Waals surface area contributed by atoms with Crippen molar-refractivity contribution >= 4 is 17.4 Å². The SMILES string of the molecule is CCC(C)(c1cc2n(n1)CCCN2)c1cnccc1Cl. The van der Waals surface area contributed by atoms with Crippen molar-refractivity contribution in [1.29, 1.82) is 0 Å². The molecular weight excluding hydrogens is 272 g/mol. The maximum atomic E-state index is 6.37. The molecule has 2 aromatic heterocycles. The molecule has 5 heteroatoms. The summed E-state index contributed by atoms with van der Waals surface area (Å²) in [4.78, 5) is 4.23. The molecule has 1 atom stereocenters. The van der Waals surface area contributed by atoms with Gasteiger partial charge < -0.3 is 5.32 Å². The minimum absolute atomic E-state index is 0.211. The van der Waals surface area contributed by atoms with Crippen LogP contribution in [0, 0.1) is 0 Å². The van der Waals surface area contributed by atoms with Gasteiger partial charge in [0.1, 0.15) is 5.82 Å². The number of halogens is 1. The number of fused-ring (bicyclic) bond motifs is 1. The van der Waals surface area contributed by atoms with Crippen LogP contribution in [0.3, 0.4) is 0 Å². The lowest BCUT2D eigenvalue weighted by atomic mass is 9.78. The molecule has 0 spiro atoms. The highest BCUT2D eigenvalue weighted by molar-refractivity contribution is 6.31. The third kappa shape index (κ3) is 2.08. The van der Waals surface area contributed by atoms with E-state index in [1.165, 1.54) is 0 Å². The monoisotopic (exact) mass is 290 g/mol. The summed E-state index contributed by atoms with van der Waals surface area (Å²) in [7, 11) is 0. The van der Waals surface area contributed by atoms with Gasteiger partial charge in [-0.15, -0.1) is 0 Å². The highest BCUT2D eigenvalue weighted by Crippen LogP contribution is 2.38. The standard InChI is InChI=1S/C15H19ClN4/c1-3-15(2,11-10-17-7-5-12(11)16)13-9-14-18-6-4-8-20(14)19-13/h5,7,9-10,18H,3-4,6,8H2,1-2H3. The van der Waals surface area contributed by atoms with Crippen LogP contribution in [0.15, 0.2) is 24.5 Å². The van der Waals surface area contributed by atoms with Gasteiger partial charge in [0, 0.05) is 47.6 Å². The average Bonchev–Trinajstić information content (AvgIpc) is 2.91. The van der Waals surface area contributed by atoms with Crippen molar-refractivity contribution < 1.29 is 0 Å². The fraction of sp³-hybridized carbons (Fsp3) is 0.467. The second-order valence-corrected chi connectivity index (χ2v) is 5.87. The Morgan fingerprint density at radius 3 is 3.05 bits per heavy atom. The zero-order valence-electron chi connectivity index (χ0n) is 11.9. The summed E-state index contributed by atoms with van der Waals surface area (Å²) in [5, 5.41) is 8.93. The Balaban J connectivity index is 2.09. The quantitative estimate of drug-likeness (QED) is 0.941. The summed E-state index contributed by atoms with van der Waals surface area (Å²) in [6.45, 7) is 6.34. The van der Waals surface area contributed by atoms with Crippen LogP contribution in [0.1, 0.15) is 37.9 Å². The van der Waals surface area contributed by atoms with Crippen molar-refractivity contribution in [2.45, 2.75) is 38.6 Å². The third-order valence-corrected chi connectivity index (χ3v) is 4.60. The molecule has 1 aliphatic heterocycles. The summed E-state index contributed by atoms with van der Waals surface area (Å²) in [6, 6.07) is 3.99. The molecule has 0 aliphatic carbocycles. The summed E-state index contributed by atoms with van der Waals surface area (Å²) in [5.41, 5.74) is 1.89. The highest BCUT2D eigenvalue weighted by atomic mass is 35.5. The first-order valence-electron chi connectivity index (χ1n) is 7.07. The van der Waals surface area contributed by atoms with Crippen LogP contribution >= 0.6 is 11.6 Å². The Bertz CT molecular complexity index is 599. The number of aryl methyl sites for hydroxylation is 1. The third-order valence-electron chi connectivity index (χ3n) is 4.27. The van der Waals surface area contributed by atoms with Crippen LogP contribution in [0.4, 0.5) is 5.82 Å². The van der Waals surface area contributed by atoms with E-state index >= 15 is 0 Å². The van der Waals surface area contributed by atoms with Crippen LogP contribution in [0.5, 0.6) is 0 Å². The predicted octanol–water partition coefficient (Wildman–Crippen LogP) is 3.46.